The Bertz CT molecular complexity index is 867. The van der Waals surface area contributed by atoms with Gasteiger partial charge in [0.05, 0.1) is 11.7 Å². The summed E-state index contributed by atoms with van der Waals surface area (Å²) in [6.07, 6.45) is 4.36. The third-order valence-corrected chi connectivity index (χ3v) is 5.43. The minimum Gasteiger partial charge on any atom is -0.381 e. The number of rotatable bonds is 4. The minimum atomic E-state index is 0.503. The fourth-order valence-corrected chi connectivity index (χ4v) is 3.81. The number of benzene rings is 2. The van der Waals surface area contributed by atoms with E-state index in [9.17, 15) is 0 Å². The fourth-order valence-electron chi connectivity index (χ4n) is 3.81. The number of nitrogens with one attached hydrogen (secondary N) is 2. The van der Waals surface area contributed by atoms with Gasteiger partial charge < -0.3 is 5.32 Å². The maximum atomic E-state index is 4.10. The zero-order valence-corrected chi connectivity index (χ0v) is 15.0. The zero-order valence-electron chi connectivity index (χ0n) is 15.0. The standard InChI is InChI=1S/C21H26N4/c1-15-5-3-6-17(16(15)2)13-25-10-4-7-20(14-25)23-19-8-9-21-18(11-19)12-22-24-21/h3,5-6,8-9,11-12,20,23H,4,7,10,13-14H2,1-2H3,(H,22,24)/t20-/m0/s1. The number of nitrogens with zero attached hydrogens (tertiary/aromatic N) is 2. The molecule has 0 spiro atoms. The van der Waals surface area contributed by atoms with Gasteiger partial charge in [0, 0.05) is 30.2 Å². The molecule has 0 radical (unpaired) electrons. The van der Waals surface area contributed by atoms with Crippen LogP contribution in [0, 0.1) is 13.8 Å². The van der Waals surface area contributed by atoms with Crippen LogP contribution in [0.2, 0.25) is 0 Å². The van der Waals surface area contributed by atoms with Crippen LogP contribution in [0.1, 0.15) is 29.5 Å². The summed E-state index contributed by atoms with van der Waals surface area (Å²) < 4.78 is 0. The molecular weight excluding hydrogens is 308 g/mol. The van der Waals surface area contributed by atoms with Crippen LogP contribution < -0.4 is 5.32 Å². The Morgan fingerprint density at radius 3 is 3.08 bits per heavy atom. The van der Waals surface area contributed by atoms with Crippen LogP contribution in [-0.2, 0) is 6.54 Å². The van der Waals surface area contributed by atoms with E-state index in [0.717, 1.165) is 24.0 Å². The van der Waals surface area contributed by atoms with Crippen molar-refractivity contribution in [3.63, 3.8) is 0 Å². The predicted octanol–water partition coefficient (Wildman–Crippen LogP) is 4.26. The van der Waals surface area contributed by atoms with E-state index in [1.807, 2.05) is 6.20 Å². The maximum absolute atomic E-state index is 4.10. The second-order valence-electron chi connectivity index (χ2n) is 7.25. The first kappa shape index (κ1) is 16.2. The molecule has 2 aromatic carbocycles. The van der Waals surface area contributed by atoms with Gasteiger partial charge in [-0.25, -0.2) is 0 Å². The molecule has 1 fully saturated rings. The van der Waals surface area contributed by atoms with Crippen molar-refractivity contribution in [3.05, 3.63) is 59.3 Å². The molecular formula is C21H26N4. The van der Waals surface area contributed by atoms with E-state index in [1.165, 1.54) is 41.8 Å². The number of aromatic amines is 1. The minimum absolute atomic E-state index is 0.503. The summed E-state index contributed by atoms with van der Waals surface area (Å²) in [4.78, 5) is 2.58. The number of fused-ring (bicyclic) bond motifs is 1. The van der Waals surface area contributed by atoms with Gasteiger partial charge in [-0.15, -0.1) is 0 Å². The molecule has 0 bridgehead atoms. The molecule has 1 aliphatic rings. The van der Waals surface area contributed by atoms with Crippen molar-refractivity contribution < 1.29 is 0 Å². The second kappa shape index (κ2) is 6.89. The van der Waals surface area contributed by atoms with E-state index in [2.05, 4.69) is 70.7 Å². The summed E-state index contributed by atoms with van der Waals surface area (Å²) >= 11 is 0. The third-order valence-electron chi connectivity index (χ3n) is 5.43. The van der Waals surface area contributed by atoms with Crippen LogP contribution in [0.4, 0.5) is 5.69 Å². The normalized spacial score (nSPS) is 18.6. The lowest BCUT2D eigenvalue weighted by Crippen LogP contribution is -2.41. The number of anilines is 1. The van der Waals surface area contributed by atoms with E-state index in [0.29, 0.717) is 6.04 Å². The lowest BCUT2D eigenvalue weighted by atomic mass is 10.0. The molecule has 4 nitrogen and oxygen atoms in total. The first-order chi connectivity index (χ1) is 12.2. The second-order valence-corrected chi connectivity index (χ2v) is 7.25. The van der Waals surface area contributed by atoms with Crippen LogP contribution >= 0.6 is 0 Å². The number of likely N-dealkylation sites (tertiary alicyclic amines) is 1. The molecule has 3 aromatic rings. The van der Waals surface area contributed by atoms with E-state index < -0.39 is 0 Å². The van der Waals surface area contributed by atoms with Gasteiger partial charge in [-0.1, -0.05) is 18.2 Å². The molecule has 0 unspecified atom stereocenters. The van der Waals surface area contributed by atoms with Crippen molar-refractivity contribution in [1.82, 2.24) is 15.1 Å². The molecule has 1 aliphatic heterocycles. The van der Waals surface area contributed by atoms with Crippen molar-refractivity contribution in [2.45, 2.75) is 39.3 Å². The van der Waals surface area contributed by atoms with E-state index in [-0.39, 0.29) is 0 Å². The maximum Gasteiger partial charge on any atom is 0.0651 e. The molecule has 25 heavy (non-hydrogen) atoms. The smallest absolute Gasteiger partial charge is 0.0651 e. The predicted molar refractivity (Wildman–Crippen MR) is 104 cm³/mol. The summed E-state index contributed by atoms with van der Waals surface area (Å²) in [7, 11) is 0. The topological polar surface area (TPSA) is 44.0 Å². The van der Waals surface area contributed by atoms with Crippen LogP contribution in [-0.4, -0.2) is 34.2 Å². The van der Waals surface area contributed by atoms with Crippen LogP contribution in [0.3, 0.4) is 0 Å². The molecule has 0 amide bonds. The van der Waals surface area contributed by atoms with Gasteiger partial charge in [0.25, 0.3) is 0 Å². The lowest BCUT2D eigenvalue weighted by Gasteiger charge is -2.34. The fraction of sp³-hybridized carbons (Fsp3) is 0.381. The molecule has 130 valence electrons. The number of H-pyrrole nitrogens is 1. The highest BCUT2D eigenvalue weighted by Gasteiger charge is 2.20. The van der Waals surface area contributed by atoms with Crippen LogP contribution in [0.25, 0.3) is 10.9 Å². The van der Waals surface area contributed by atoms with E-state index >= 15 is 0 Å². The van der Waals surface area contributed by atoms with Crippen molar-refractivity contribution in [2.75, 3.05) is 18.4 Å². The molecule has 0 aliphatic carbocycles. The van der Waals surface area contributed by atoms with E-state index in [1.54, 1.807) is 0 Å². The average Bonchev–Trinajstić information content (AvgIpc) is 3.07. The molecule has 4 heteroatoms. The first-order valence-electron chi connectivity index (χ1n) is 9.16. The van der Waals surface area contributed by atoms with Gasteiger partial charge in [0.15, 0.2) is 0 Å². The largest absolute Gasteiger partial charge is 0.381 e. The Balaban J connectivity index is 1.42. The van der Waals surface area contributed by atoms with Gasteiger partial charge >= 0.3 is 0 Å². The highest BCUT2D eigenvalue weighted by molar-refractivity contribution is 5.81. The Morgan fingerprint density at radius 1 is 1.24 bits per heavy atom. The quantitative estimate of drug-likeness (QED) is 0.749. The Kier molecular flexibility index (Phi) is 4.45. The average molecular weight is 334 g/mol. The Hall–Kier alpha value is -2.33. The van der Waals surface area contributed by atoms with Crippen molar-refractivity contribution >= 4 is 16.6 Å². The van der Waals surface area contributed by atoms with Gasteiger partial charge in [0.1, 0.15) is 0 Å². The number of hydrogen-bond acceptors (Lipinski definition) is 3. The number of aryl methyl sites for hydroxylation is 1. The number of hydrogen-bond donors (Lipinski definition) is 2. The Morgan fingerprint density at radius 2 is 2.16 bits per heavy atom. The Labute approximate surface area is 149 Å². The summed E-state index contributed by atoms with van der Waals surface area (Å²) in [6, 6.07) is 13.6. The highest BCUT2D eigenvalue weighted by Crippen LogP contribution is 2.22. The highest BCUT2D eigenvalue weighted by atomic mass is 15.2. The van der Waals surface area contributed by atoms with Crippen molar-refractivity contribution in [2.24, 2.45) is 0 Å². The van der Waals surface area contributed by atoms with Gasteiger partial charge in [-0.2, -0.15) is 5.10 Å². The summed E-state index contributed by atoms with van der Waals surface area (Å²) in [5, 5.41) is 12.0. The van der Waals surface area contributed by atoms with Gasteiger partial charge in [-0.05, 0) is 68.1 Å². The van der Waals surface area contributed by atoms with Crippen molar-refractivity contribution in [3.8, 4) is 0 Å². The number of aromatic nitrogens is 2. The first-order valence-corrected chi connectivity index (χ1v) is 9.16. The van der Waals surface area contributed by atoms with Crippen LogP contribution in [0.5, 0.6) is 0 Å². The zero-order chi connectivity index (χ0) is 17.2. The summed E-state index contributed by atoms with van der Waals surface area (Å²) in [5.41, 5.74) is 6.55. The molecule has 1 atom stereocenters. The van der Waals surface area contributed by atoms with E-state index in [4.69, 9.17) is 0 Å². The van der Waals surface area contributed by atoms with Crippen LogP contribution in [0.15, 0.2) is 42.6 Å². The molecule has 1 saturated heterocycles. The summed E-state index contributed by atoms with van der Waals surface area (Å²) in [5.74, 6) is 0. The lowest BCUT2D eigenvalue weighted by molar-refractivity contribution is 0.208. The third kappa shape index (κ3) is 3.54. The monoisotopic (exact) mass is 334 g/mol. The SMILES string of the molecule is Cc1cccc(CN2CCC[C@H](Nc3ccc4[nH]ncc4c3)C2)c1C. The van der Waals surface area contributed by atoms with Crippen molar-refractivity contribution in [1.29, 1.82) is 0 Å². The molecule has 0 saturated carbocycles. The molecule has 2 heterocycles. The molecule has 1 aromatic heterocycles. The molecule has 2 N–H and O–H groups in total. The molecule has 4 rings (SSSR count). The van der Waals surface area contributed by atoms with Gasteiger partial charge in [0.2, 0.25) is 0 Å². The number of piperidine rings is 1. The van der Waals surface area contributed by atoms with Gasteiger partial charge in [-0.3, -0.25) is 10.00 Å². The summed E-state index contributed by atoms with van der Waals surface area (Å²) in [6.45, 7) is 7.77.